The van der Waals surface area contributed by atoms with Gasteiger partial charge in [-0.15, -0.1) is 11.8 Å². The van der Waals surface area contributed by atoms with E-state index in [-0.39, 0.29) is 0 Å². The summed E-state index contributed by atoms with van der Waals surface area (Å²) in [5.41, 5.74) is 1.90. The molecule has 0 saturated heterocycles. The van der Waals surface area contributed by atoms with Gasteiger partial charge in [0.1, 0.15) is 0 Å². The van der Waals surface area contributed by atoms with Crippen molar-refractivity contribution < 1.29 is 0 Å². The summed E-state index contributed by atoms with van der Waals surface area (Å²) >= 11 is 5.85. The second-order valence-corrected chi connectivity index (χ2v) is 2.67. The summed E-state index contributed by atoms with van der Waals surface area (Å²) < 4.78 is 0. The first-order chi connectivity index (χ1) is 3.43. The fraction of sp³-hybridized carbons (Fsp3) is 0.750. The molecule has 0 aromatic heterocycles. The molecular formula is C4H7NS2. The molecule has 1 atom stereocenters. The van der Waals surface area contributed by atoms with Crippen LogP contribution in [0.5, 0.6) is 0 Å². The molecule has 1 aliphatic rings. The monoisotopic (exact) mass is 133 g/mol. The van der Waals surface area contributed by atoms with Crippen molar-refractivity contribution in [2.45, 2.75) is 6.04 Å². The third kappa shape index (κ3) is 1.39. The van der Waals surface area contributed by atoms with Crippen molar-refractivity contribution in [2.24, 2.45) is 4.99 Å². The molecule has 40 valence electrons. The van der Waals surface area contributed by atoms with Gasteiger partial charge in [-0.3, -0.25) is 4.99 Å². The van der Waals surface area contributed by atoms with Crippen molar-refractivity contribution in [1.82, 2.24) is 0 Å². The van der Waals surface area contributed by atoms with Crippen molar-refractivity contribution in [2.75, 3.05) is 11.5 Å². The van der Waals surface area contributed by atoms with Crippen molar-refractivity contribution in [3.63, 3.8) is 0 Å². The van der Waals surface area contributed by atoms with Crippen LogP contribution in [0.2, 0.25) is 0 Å². The van der Waals surface area contributed by atoms with E-state index in [0.29, 0.717) is 6.04 Å². The highest BCUT2D eigenvalue weighted by Gasteiger charge is 2.06. The summed E-state index contributed by atoms with van der Waals surface area (Å²) in [4.78, 5) is 4.12. The molecule has 3 heteroatoms. The molecule has 1 rings (SSSR count). The van der Waals surface area contributed by atoms with E-state index < -0.39 is 0 Å². The lowest BCUT2D eigenvalue weighted by molar-refractivity contribution is 0.884. The van der Waals surface area contributed by atoms with Crippen molar-refractivity contribution in [3.8, 4) is 0 Å². The average molecular weight is 133 g/mol. The SMILES string of the molecule is SCC1CSC=N1. The van der Waals surface area contributed by atoms with Crippen LogP contribution in [0.3, 0.4) is 0 Å². The number of thiol groups is 1. The first kappa shape index (κ1) is 5.51. The van der Waals surface area contributed by atoms with Crippen LogP contribution in [0.4, 0.5) is 0 Å². The molecule has 7 heavy (non-hydrogen) atoms. The third-order valence-corrected chi connectivity index (χ3v) is 2.12. The molecule has 0 aromatic carbocycles. The predicted octanol–water partition coefficient (Wildman–Crippen LogP) is 1.06. The highest BCUT2D eigenvalue weighted by atomic mass is 32.2. The summed E-state index contributed by atoms with van der Waals surface area (Å²) in [5.74, 6) is 2.02. The maximum absolute atomic E-state index is 4.12. The van der Waals surface area contributed by atoms with Gasteiger partial charge in [0.2, 0.25) is 0 Å². The average Bonchev–Trinajstić information content (AvgIpc) is 2.14. The van der Waals surface area contributed by atoms with Gasteiger partial charge in [-0.25, -0.2) is 0 Å². The van der Waals surface area contributed by atoms with Crippen LogP contribution in [0.25, 0.3) is 0 Å². The standard InChI is InChI=1S/C4H7NS2/c6-1-4-2-7-3-5-4/h3-4,6H,1-2H2. The Labute approximate surface area is 53.0 Å². The molecule has 0 radical (unpaired) electrons. The number of rotatable bonds is 1. The van der Waals surface area contributed by atoms with Gasteiger partial charge >= 0.3 is 0 Å². The fourth-order valence-electron chi connectivity index (χ4n) is 0.426. The van der Waals surface area contributed by atoms with Gasteiger partial charge in [-0.2, -0.15) is 12.6 Å². The van der Waals surface area contributed by atoms with E-state index in [0.717, 1.165) is 11.5 Å². The molecule has 0 spiro atoms. The third-order valence-electron chi connectivity index (χ3n) is 0.846. The van der Waals surface area contributed by atoms with E-state index in [1.165, 1.54) is 0 Å². The predicted molar refractivity (Wildman–Crippen MR) is 38.6 cm³/mol. The minimum Gasteiger partial charge on any atom is -0.281 e. The van der Waals surface area contributed by atoms with Gasteiger partial charge in [0.15, 0.2) is 0 Å². The first-order valence-corrected chi connectivity index (χ1v) is 3.85. The van der Waals surface area contributed by atoms with Crippen LogP contribution in [-0.4, -0.2) is 23.1 Å². The normalized spacial score (nSPS) is 29.0. The maximum atomic E-state index is 4.12. The fourth-order valence-corrected chi connectivity index (χ4v) is 1.59. The Morgan fingerprint density at radius 1 is 2.00 bits per heavy atom. The highest BCUT2D eigenvalue weighted by molar-refractivity contribution is 8.12. The summed E-state index contributed by atoms with van der Waals surface area (Å²) in [6.07, 6.45) is 0. The molecule has 0 aliphatic carbocycles. The summed E-state index contributed by atoms with van der Waals surface area (Å²) in [6.45, 7) is 0. The molecule has 0 N–H and O–H groups in total. The van der Waals surface area contributed by atoms with E-state index in [4.69, 9.17) is 0 Å². The molecule has 0 fully saturated rings. The van der Waals surface area contributed by atoms with Crippen LogP contribution in [0, 0.1) is 0 Å². The Hall–Kier alpha value is 0.370. The van der Waals surface area contributed by atoms with Crippen LogP contribution >= 0.6 is 24.4 Å². The van der Waals surface area contributed by atoms with E-state index in [9.17, 15) is 0 Å². The zero-order chi connectivity index (χ0) is 5.11. The lowest BCUT2D eigenvalue weighted by atomic mass is 10.4. The molecule has 1 nitrogen and oxygen atoms in total. The molecule has 0 saturated carbocycles. The molecule has 1 heterocycles. The molecule has 1 aliphatic heterocycles. The van der Waals surface area contributed by atoms with Gasteiger partial charge in [0.25, 0.3) is 0 Å². The number of nitrogens with zero attached hydrogens (tertiary/aromatic N) is 1. The van der Waals surface area contributed by atoms with Gasteiger partial charge in [-0.05, 0) is 0 Å². The minimum absolute atomic E-state index is 0.494. The Bertz CT molecular complexity index is 81.8. The minimum atomic E-state index is 0.494. The van der Waals surface area contributed by atoms with E-state index in [1.807, 2.05) is 5.55 Å². The van der Waals surface area contributed by atoms with Crippen LogP contribution in [0.15, 0.2) is 4.99 Å². The van der Waals surface area contributed by atoms with Gasteiger partial charge in [-0.1, -0.05) is 0 Å². The van der Waals surface area contributed by atoms with Crippen LogP contribution < -0.4 is 0 Å². The largest absolute Gasteiger partial charge is 0.281 e. The van der Waals surface area contributed by atoms with E-state index in [2.05, 4.69) is 17.6 Å². The molecular weight excluding hydrogens is 126 g/mol. The summed E-state index contributed by atoms with van der Waals surface area (Å²) in [6, 6.07) is 0.494. The Kier molecular flexibility index (Phi) is 2.06. The lowest BCUT2D eigenvalue weighted by Gasteiger charge is -1.95. The number of aliphatic imine (C=N–C) groups is 1. The molecule has 1 unspecified atom stereocenters. The zero-order valence-electron chi connectivity index (χ0n) is 3.87. The maximum Gasteiger partial charge on any atom is 0.0687 e. The first-order valence-electron chi connectivity index (χ1n) is 2.17. The lowest BCUT2D eigenvalue weighted by Crippen LogP contribution is -2.03. The zero-order valence-corrected chi connectivity index (χ0v) is 5.58. The Morgan fingerprint density at radius 3 is 3.14 bits per heavy atom. The molecule has 0 amide bonds. The van der Waals surface area contributed by atoms with Crippen molar-refractivity contribution in [1.29, 1.82) is 0 Å². The van der Waals surface area contributed by atoms with Crippen molar-refractivity contribution in [3.05, 3.63) is 0 Å². The summed E-state index contributed by atoms with van der Waals surface area (Å²) in [7, 11) is 0. The number of thioether (sulfide) groups is 1. The number of hydrogen-bond acceptors (Lipinski definition) is 3. The van der Waals surface area contributed by atoms with Gasteiger partial charge in [0, 0.05) is 11.5 Å². The van der Waals surface area contributed by atoms with Crippen LogP contribution in [-0.2, 0) is 0 Å². The van der Waals surface area contributed by atoms with E-state index >= 15 is 0 Å². The van der Waals surface area contributed by atoms with Gasteiger partial charge in [0.05, 0.1) is 11.6 Å². The van der Waals surface area contributed by atoms with E-state index in [1.54, 1.807) is 11.8 Å². The topological polar surface area (TPSA) is 12.4 Å². The second kappa shape index (κ2) is 2.62. The number of hydrogen-bond donors (Lipinski definition) is 1. The second-order valence-electron chi connectivity index (χ2n) is 1.42. The quantitative estimate of drug-likeness (QED) is 0.527. The Morgan fingerprint density at radius 2 is 2.86 bits per heavy atom. The van der Waals surface area contributed by atoms with Gasteiger partial charge < -0.3 is 0 Å². The molecule has 0 bridgehead atoms. The van der Waals surface area contributed by atoms with Crippen LogP contribution in [0.1, 0.15) is 0 Å². The molecule has 0 aromatic rings. The summed E-state index contributed by atoms with van der Waals surface area (Å²) in [5, 5.41) is 0. The highest BCUT2D eigenvalue weighted by Crippen LogP contribution is 2.11. The van der Waals surface area contributed by atoms with Crippen molar-refractivity contribution >= 4 is 29.9 Å². The smallest absolute Gasteiger partial charge is 0.0687 e. The Balaban J connectivity index is 2.28.